The standard InChI is InChI=1S/C9H19NO4/c1-13-7-3-5-10(9(11)12)6-4-8-14-2/h3-8H2,1-2H3,(H,11,12). The smallest absolute Gasteiger partial charge is 0.407 e. The fraction of sp³-hybridized carbons (Fsp3) is 0.889. The fourth-order valence-electron chi connectivity index (χ4n) is 1.10. The van der Waals surface area contributed by atoms with E-state index in [0.717, 1.165) is 12.8 Å². The Kier molecular flexibility index (Phi) is 8.27. The van der Waals surface area contributed by atoms with Crippen molar-refractivity contribution in [2.24, 2.45) is 0 Å². The maximum absolute atomic E-state index is 10.7. The first kappa shape index (κ1) is 13.2. The van der Waals surface area contributed by atoms with Crippen LogP contribution in [0.5, 0.6) is 0 Å². The molecule has 0 aromatic carbocycles. The van der Waals surface area contributed by atoms with Gasteiger partial charge in [-0.1, -0.05) is 0 Å². The van der Waals surface area contributed by atoms with Gasteiger partial charge >= 0.3 is 6.09 Å². The van der Waals surface area contributed by atoms with Crippen LogP contribution in [-0.2, 0) is 9.47 Å². The Morgan fingerprint density at radius 2 is 1.57 bits per heavy atom. The molecule has 0 atom stereocenters. The first-order chi connectivity index (χ1) is 6.72. The van der Waals surface area contributed by atoms with E-state index < -0.39 is 6.09 Å². The minimum Gasteiger partial charge on any atom is -0.465 e. The molecular weight excluding hydrogens is 186 g/mol. The van der Waals surface area contributed by atoms with E-state index in [4.69, 9.17) is 14.6 Å². The van der Waals surface area contributed by atoms with Gasteiger partial charge in [-0.15, -0.1) is 0 Å². The third kappa shape index (κ3) is 6.68. The molecule has 1 amide bonds. The van der Waals surface area contributed by atoms with Crippen LogP contribution in [0.4, 0.5) is 4.79 Å². The van der Waals surface area contributed by atoms with Gasteiger partial charge in [0.15, 0.2) is 0 Å². The zero-order valence-electron chi connectivity index (χ0n) is 8.86. The highest BCUT2D eigenvalue weighted by Gasteiger charge is 2.09. The van der Waals surface area contributed by atoms with Crippen molar-refractivity contribution in [3.8, 4) is 0 Å². The lowest BCUT2D eigenvalue weighted by molar-refractivity contribution is 0.124. The third-order valence-electron chi connectivity index (χ3n) is 1.82. The van der Waals surface area contributed by atoms with Crippen LogP contribution in [0.3, 0.4) is 0 Å². The highest BCUT2D eigenvalue weighted by atomic mass is 16.5. The Balaban J connectivity index is 3.61. The van der Waals surface area contributed by atoms with E-state index in [1.54, 1.807) is 14.2 Å². The first-order valence-corrected chi connectivity index (χ1v) is 4.68. The average Bonchev–Trinajstić information content (AvgIpc) is 2.15. The van der Waals surface area contributed by atoms with E-state index in [9.17, 15) is 4.79 Å². The van der Waals surface area contributed by atoms with Crippen molar-refractivity contribution in [3.05, 3.63) is 0 Å². The van der Waals surface area contributed by atoms with Gasteiger partial charge in [0.2, 0.25) is 0 Å². The summed E-state index contributed by atoms with van der Waals surface area (Å²) in [6, 6.07) is 0. The topological polar surface area (TPSA) is 59.0 Å². The Morgan fingerprint density at radius 3 is 1.86 bits per heavy atom. The first-order valence-electron chi connectivity index (χ1n) is 4.68. The molecule has 0 saturated heterocycles. The van der Waals surface area contributed by atoms with E-state index in [1.165, 1.54) is 4.90 Å². The molecule has 0 rings (SSSR count). The maximum Gasteiger partial charge on any atom is 0.407 e. The molecule has 0 aliphatic carbocycles. The summed E-state index contributed by atoms with van der Waals surface area (Å²) in [5.74, 6) is 0. The van der Waals surface area contributed by atoms with Gasteiger partial charge in [0, 0.05) is 40.5 Å². The lowest BCUT2D eigenvalue weighted by Crippen LogP contribution is -2.32. The lowest BCUT2D eigenvalue weighted by Gasteiger charge is -2.18. The molecule has 0 aromatic rings. The van der Waals surface area contributed by atoms with Crippen molar-refractivity contribution in [1.29, 1.82) is 0 Å². The van der Waals surface area contributed by atoms with Crippen molar-refractivity contribution in [3.63, 3.8) is 0 Å². The van der Waals surface area contributed by atoms with Crippen molar-refractivity contribution in [2.75, 3.05) is 40.5 Å². The normalized spacial score (nSPS) is 10.1. The number of carboxylic acid groups (broad SMARTS) is 1. The predicted octanol–water partition coefficient (Wildman–Crippen LogP) is 1.04. The summed E-state index contributed by atoms with van der Waals surface area (Å²) in [6.07, 6.45) is 0.586. The van der Waals surface area contributed by atoms with Gasteiger partial charge in [0.05, 0.1) is 0 Å². The molecule has 14 heavy (non-hydrogen) atoms. The highest BCUT2D eigenvalue weighted by Crippen LogP contribution is 1.96. The van der Waals surface area contributed by atoms with Crippen LogP contribution >= 0.6 is 0 Å². The van der Waals surface area contributed by atoms with Gasteiger partial charge in [-0.05, 0) is 12.8 Å². The minimum atomic E-state index is -0.878. The largest absolute Gasteiger partial charge is 0.465 e. The Morgan fingerprint density at radius 1 is 1.14 bits per heavy atom. The Labute approximate surface area is 84.6 Å². The summed E-state index contributed by atoms with van der Waals surface area (Å²) in [7, 11) is 3.21. The Hall–Kier alpha value is -0.810. The fourth-order valence-corrected chi connectivity index (χ4v) is 1.10. The summed E-state index contributed by atoms with van der Waals surface area (Å²) >= 11 is 0. The molecular formula is C9H19NO4. The molecule has 0 heterocycles. The van der Waals surface area contributed by atoms with Crippen LogP contribution in [0.25, 0.3) is 0 Å². The van der Waals surface area contributed by atoms with Gasteiger partial charge < -0.3 is 19.5 Å². The third-order valence-corrected chi connectivity index (χ3v) is 1.82. The SMILES string of the molecule is COCCCN(CCCOC)C(=O)O. The molecule has 0 unspecified atom stereocenters. The zero-order valence-corrected chi connectivity index (χ0v) is 8.86. The highest BCUT2D eigenvalue weighted by molar-refractivity contribution is 5.64. The summed E-state index contributed by atoms with van der Waals surface area (Å²) in [4.78, 5) is 12.1. The van der Waals surface area contributed by atoms with Crippen LogP contribution in [0.2, 0.25) is 0 Å². The number of amides is 1. The molecule has 0 saturated carbocycles. The molecule has 0 aliphatic rings. The van der Waals surface area contributed by atoms with E-state index in [0.29, 0.717) is 26.3 Å². The zero-order chi connectivity index (χ0) is 10.8. The average molecular weight is 205 g/mol. The van der Waals surface area contributed by atoms with Crippen LogP contribution in [0.1, 0.15) is 12.8 Å². The molecule has 1 N–H and O–H groups in total. The predicted molar refractivity (Wildman–Crippen MR) is 52.6 cm³/mol. The van der Waals surface area contributed by atoms with Crippen molar-refractivity contribution in [2.45, 2.75) is 12.8 Å². The molecule has 5 heteroatoms. The second kappa shape index (κ2) is 8.77. The lowest BCUT2D eigenvalue weighted by atomic mass is 10.3. The van der Waals surface area contributed by atoms with E-state index in [-0.39, 0.29) is 0 Å². The van der Waals surface area contributed by atoms with Crippen LogP contribution < -0.4 is 0 Å². The van der Waals surface area contributed by atoms with Gasteiger partial charge in [-0.2, -0.15) is 0 Å². The molecule has 0 bridgehead atoms. The van der Waals surface area contributed by atoms with Crippen molar-refractivity contribution in [1.82, 2.24) is 4.90 Å². The second-order valence-corrected chi connectivity index (χ2v) is 2.96. The Bertz CT molecular complexity index is 142. The second-order valence-electron chi connectivity index (χ2n) is 2.96. The van der Waals surface area contributed by atoms with E-state index in [2.05, 4.69) is 0 Å². The van der Waals surface area contributed by atoms with Crippen molar-refractivity contribution >= 4 is 6.09 Å². The number of nitrogens with zero attached hydrogens (tertiary/aromatic N) is 1. The van der Waals surface area contributed by atoms with Gasteiger partial charge in [0.1, 0.15) is 0 Å². The van der Waals surface area contributed by atoms with Gasteiger partial charge in [-0.25, -0.2) is 4.79 Å². The maximum atomic E-state index is 10.7. The van der Waals surface area contributed by atoms with Crippen LogP contribution in [-0.4, -0.2) is 56.6 Å². The van der Waals surface area contributed by atoms with Gasteiger partial charge in [-0.3, -0.25) is 0 Å². The minimum absolute atomic E-state index is 0.521. The van der Waals surface area contributed by atoms with E-state index >= 15 is 0 Å². The number of hydrogen-bond donors (Lipinski definition) is 1. The van der Waals surface area contributed by atoms with E-state index in [1.807, 2.05) is 0 Å². The van der Waals surface area contributed by atoms with Crippen molar-refractivity contribution < 1.29 is 19.4 Å². The molecule has 0 aliphatic heterocycles. The summed E-state index contributed by atoms with van der Waals surface area (Å²) in [5.41, 5.74) is 0. The number of methoxy groups -OCH3 is 2. The van der Waals surface area contributed by atoms with Gasteiger partial charge in [0.25, 0.3) is 0 Å². The quantitative estimate of drug-likeness (QED) is 0.601. The number of carbonyl (C=O) groups is 1. The summed E-state index contributed by atoms with van der Waals surface area (Å²) in [6.45, 7) is 2.22. The monoisotopic (exact) mass is 205 g/mol. The number of ether oxygens (including phenoxy) is 2. The summed E-state index contributed by atoms with van der Waals surface area (Å²) in [5, 5.41) is 8.82. The molecule has 0 radical (unpaired) electrons. The van der Waals surface area contributed by atoms with Crippen LogP contribution in [0, 0.1) is 0 Å². The summed E-state index contributed by atoms with van der Waals surface area (Å²) < 4.78 is 9.71. The molecule has 0 fully saturated rings. The number of hydrogen-bond acceptors (Lipinski definition) is 3. The van der Waals surface area contributed by atoms with Crippen LogP contribution in [0.15, 0.2) is 0 Å². The molecule has 0 aromatic heterocycles. The molecule has 5 nitrogen and oxygen atoms in total. The molecule has 84 valence electrons. The number of rotatable bonds is 8. The molecule has 0 spiro atoms.